The summed E-state index contributed by atoms with van der Waals surface area (Å²) in [5, 5.41) is 0. The number of methoxy groups -OCH3 is 1. The first kappa shape index (κ1) is 17.5. The first-order valence-electron chi connectivity index (χ1n) is 8.31. The summed E-state index contributed by atoms with van der Waals surface area (Å²) in [4.78, 5) is 0. The van der Waals surface area contributed by atoms with Crippen molar-refractivity contribution in [3.05, 3.63) is 65.7 Å². The highest BCUT2D eigenvalue weighted by Gasteiger charge is 2.39. The van der Waals surface area contributed by atoms with E-state index < -0.39 is 0 Å². The number of epoxide rings is 1. The Labute approximate surface area is 148 Å². The summed E-state index contributed by atoms with van der Waals surface area (Å²) in [5.74, 6) is 6.75. The van der Waals surface area contributed by atoms with Crippen LogP contribution in [0.1, 0.15) is 17.2 Å². The number of ether oxygens (including phenoxy) is 4. The molecule has 4 heteroatoms. The van der Waals surface area contributed by atoms with Gasteiger partial charge in [-0.05, 0) is 23.3 Å². The van der Waals surface area contributed by atoms with Crippen LogP contribution >= 0.6 is 0 Å². The van der Waals surface area contributed by atoms with Gasteiger partial charge in [0, 0.05) is 0 Å². The van der Waals surface area contributed by atoms with Crippen molar-refractivity contribution >= 4 is 0 Å². The molecule has 0 amide bonds. The fourth-order valence-corrected chi connectivity index (χ4v) is 2.48. The standard InChI is InChI=1S/C21H22O4/c1-22-19-11-9-17(10-12-19)15-23-13-5-6-14-24-16-20-21(25-20)18-7-3-2-4-8-18/h2-4,7-12,20-21H,13-16H2,1H3/t20-,21-/m1/s1. The number of benzene rings is 2. The van der Waals surface area contributed by atoms with E-state index in [0.29, 0.717) is 26.4 Å². The van der Waals surface area contributed by atoms with Gasteiger partial charge >= 0.3 is 0 Å². The maximum absolute atomic E-state index is 5.61. The molecule has 130 valence electrons. The molecule has 0 aromatic heterocycles. The summed E-state index contributed by atoms with van der Waals surface area (Å²) >= 11 is 0. The monoisotopic (exact) mass is 338 g/mol. The Morgan fingerprint density at radius 3 is 2.36 bits per heavy atom. The van der Waals surface area contributed by atoms with Gasteiger partial charge in [0.15, 0.2) is 0 Å². The topological polar surface area (TPSA) is 40.2 Å². The number of hydrogen-bond acceptors (Lipinski definition) is 4. The fraction of sp³-hybridized carbons (Fsp3) is 0.333. The minimum atomic E-state index is 0.149. The largest absolute Gasteiger partial charge is 0.497 e. The van der Waals surface area contributed by atoms with Gasteiger partial charge in [0.1, 0.15) is 31.2 Å². The van der Waals surface area contributed by atoms with E-state index in [2.05, 4.69) is 24.0 Å². The van der Waals surface area contributed by atoms with E-state index in [9.17, 15) is 0 Å². The SMILES string of the molecule is COc1ccc(COCC#CCOC[C@H]2O[C@@H]2c2ccccc2)cc1. The van der Waals surface area contributed by atoms with Gasteiger partial charge in [-0.2, -0.15) is 0 Å². The molecule has 0 saturated carbocycles. The third-order valence-electron chi connectivity index (χ3n) is 3.89. The third-order valence-corrected chi connectivity index (χ3v) is 3.89. The zero-order valence-corrected chi connectivity index (χ0v) is 14.3. The summed E-state index contributed by atoms with van der Waals surface area (Å²) in [6.45, 7) is 1.89. The predicted octanol–water partition coefficient (Wildman–Crippen LogP) is 3.37. The second-order valence-corrected chi connectivity index (χ2v) is 5.72. The van der Waals surface area contributed by atoms with E-state index in [1.165, 1.54) is 5.56 Å². The Kier molecular flexibility index (Phi) is 6.47. The average molecular weight is 338 g/mol. The molecule has 1 heterocycles. The van der Waals surface area contributed by atoms with Crippen molar-refractivity contribution in [1.29, 1.82) is 0 Å². The quantitative estimate of drug-likeness (QED) is 0.420. The molecular weight excluding hydrogens is 316 g/mol. The van der Waals surface area contributed by atoms with Gasteiger partial charge < -0.3 is 18.9 Å². The molecular formula is C21H22O4. The van der Waals surface area contributed by atoms with Gasteiger partial charge in [-0.1, -0.05) is 54.3 Å². The van der Waals surface area contributed by atoms with Crippen LogP contribution in [0.2, 0.25) is 0 Å². The van der Waals surface area contributed by atoms with E-state index in [0.717, 1.165) is 11.3 Å². The van der Waals surface area contributed by atoms with Crippen LogP contribution in [-0.2, 0) is 20.8 Å². The lowest BCUT2D eigenvalue weighted by atomic mass is 10.1. The lowest BCUT2D eigenvalue weighted by molar-refractivity contribution is 0.142. The first-order valence-corrected chi connectivity index (χ1v) is 8.31. The number of hydrogen-bond donors (Lipinski definition) is 0. The van der Waals surface area contributed by atoms with Crippen LogP contribution in [0, 0.1) is 11.8 Å². The summed E-state index contributed by atoms with van der Waals surface area (Å²) in [5.41, 5.74) is 2.30. The minimum Gasteiger partial charge on any atom is -0.497 e. The maximum atomic E-state index is 5.61. The van der Waals surface area contributed by atoms with E-state index >= 15 is 0 Å². The molecule has 4 nitrogen and oxygen atoms in total. The lowest BCUT2D eigenvalue weighted by Gasteiger charge is -2.02. The fourth-order valence-electron chi connectivity index (χ4n) is 2.48. The van der Waals surface area contributed by atoms with Gasteiger partial charge in [0.25, 0.3) is 0 Å². The third kappa shape index (κ3) is 5.61. The molecule has 1 saturated heterocycles. The Morgan fingerprint density at radius 2 is 1.64 bits per heavy atom. The molecule has 0 spiro atoms. The average Bonchev–Trinajstić information content (AvgIpc) is 3.45. The van der Waals surface area contributed by atoms with Gasteiger partial charge in [-0.15, -0.1) is 0 Å². The second-order valence-electron chi connectivity index (χ2n) is 5.72. The molecule has 0 bridgehead atoms. The Bertz CT molecular complexity index is 700. The summed E-state index contributed by atoms with van der Waals surface area (Å²) in [7, 11) is 1.65. The second kappa shape index (κ2) is 9.24. The minimum absolute atomic E-state index is 0.149. The van der Waals surface area contributed by atoms with Crippen LogP contribution in [0.4, 0.5) is 0 Å². The van der Waals surface area contributed by atoms with E-state index in [-0.39, 0.29) is 12.2 Å². The van der Waals surface area contributed by atoms with Crippen molar-refractivity contribution in [3.8, 4) is 17.6 Å². The van der Waals surface area contributed by atoms with Gasteiger partial charge in [0.05, 0.1) is 20.3 Å². The molecule has 1 fully saturated rings. The van der Waals surface area contributed by atoms with Gasteiger partial charge in [-0.25, -0.2) is 0 Å². The van der Waals surface area contributed by atoms with Crippen molar-refractivity contribution in [2.24, 2.45) is 0 Å². The van der Waals surface area contributed by atoms with Crippen LogP contribution in [0.25, 0.3) is 0 Å². The van der Waals surface area contributed by atoms with Crippen molar-refractivity contribution in [1.82, 2.24) is 0 Å². The maximum Gasteiger partial charge on any atom is 0.118 e. The van der Waals surface area contributed by atoms with Gasteiger partial charge in [0.2, 0.25) is 0 Å². The van der Waals surface area contributed by atoms with Crippen molar-refractivity contribution in [2.75, 3.05) is 26.9 Å². The molecule has 0 aliphatic carbocycles. The normalized spacial score (nSPS) is 18.3. The summed E-state index contributed by atoms with van der Waals surface area (Å²) < 4.78 is 21.8. The molecule has 3 rings (SSSR count). The smallest absolute Gasteiger partial charge is 0.118 e. The van der Waals surface area contributed by atoms with E-state index in [1.54, 1.807) is 7.11 Å². The highest BCUT2D eigenvalue weighted by atomic mass is 16.6. The summed E-state index contributed by atoms with van der Waals surface area (Å²) in [6, 6.07) is 18.0. The Hall–Kier alpha value is -2.32. The Balaban J connectivity index is 1.24. The van der Waals surface area contributed by atoms with Crippen molar-refractivity contribution in [3.63, 3.8) is 0 Å². The first-order chi connectivity index (χ1) is 12.4. The van der Waals surface area contributed by atoms with Gasteiger partial charge in [-0.3, -0.25) is 0 Å². The predicted molar refractivity (Wildman–Crippen MR) is 95.3 cm³/mol. The van der Waals surface area contributed by atoms with Crippen LogP contribution in [0.3, 0.4) is 0 Å². The van der Waals surface area contributed by atoms with Crippen LogP contribution in [-0.4, -0.2) is 33.0 Å². The molecule has 2 aromatic carbocycles. The van der Waals surface area contributed by atoms with Crippen LogP contribution in [0.15, 0.2) is 54.6 Å². The molecule has 2 atom stereocenters. The lowest BCUT2D eigenvalue weighted by Crippen LogP contribution is -2.03. The molecule has 0 unspecified atom stereocenters. The Morgan fingerprint density at radius 1 is 0.920 bits per heavy atom. The molecule has 2 aromatic rings. The number of rotatable bonds is 8. The molecule has 0 radical (unpaired) electrons. The van der Waals surface area contributed by atoms with Crippen molar-refractivity contribution in [2.45, 2.75) is 18.8 Å². The van der Waals surface area contributed by atoms with Crippen LogP contribution < -0.4 is 4.74 Å². The molecule has 25 heavy (non-hydrogen) atoms. The molecule has 1 aliphatic rings. The van der Waals surface area contributed by atoms with Crippen LogP contribution in [0.5, 0.6) is 5.75 Å². The molecule has 0 N–H and O–H groups in total. The zero-order chi connectivity index (χ0) is 17.3. The van der Waals surface area contributed by atoms with E-state index in [1.807, 2.05) is 42.5 Å². The van der Waals surface area contributed by atoms with Crippen molar-refractivity contribution < 1.29 is 18.9 Å². The highest BCUT2D eigenvalue weighted by molar-refractivity contribution is 5.26. The highest BCUT2D eigenvalue weighted by Crippen LogP contribution is 2.38. The summed E-state index contributed by atoms with van der Waals surface area (Å²) in [6.07, 6.45) is 0.317. The van der Waals surface area contributed by atoms with E-state index in [4.69, 9.17) is 18.9 Å². The molecule has 1 aliphatic heterocycles. The zero-order valence-electron chi connectivity index (χ0n) is 14.3.